The van der Waals surface area contributed by atoms with Gasteiger partial charge in [0.1, 0.15) is 10.7 Å². The van der Waals surface area contributed by atoms with Crippen molar-refractivity contribution in [3.05, 3.63) is 17.5 Å². The number of likely N-dealkylation sites (N-methyl/N-ethyl adjacent to an activating group) is 1. The fourth-order valence-corrected chi connectivity index (χ4v) is 3.36. The molecule has 2 rings (SSSR count). The highest BCUT2D eigenvalue weighted by atomic mass is 32.1. The van der Waals surface area contributed by atoms with E-state index in [1.165, 1.54) is 11.3 Å². The normalized spacial score (nSPS) is 16.0. The molecule has 0 saturated carbocycles. The molecule has 116 valence electrons. The zero-order valence-corrected chi connectivity index (χ0v) is 13.2. The second kappa shape index (κ2) is 6.91. The van der Waals surface area contributed by atoms with Gasteiger partial charge in [0, 0.05) is 32.2 Å². The first-order chi connectivity index (χ1) is 10.1. The fraction of sp³-hybridized carbons (Fsp3) is 0.571. The van der Waals surface area contributed by atoms with Crippen LogP contribution in [0.1, 0.15) is 29.4 Å². The van der Waals surface area contributed by atoms with Gasteiger partial charge in [0.2, 0.25) is 0 Å². The smallest absolute Gasteiger partial charge is 0.268 e. The summed E-state index contributed by atoms with van der Waals surface area (Å²) in [5.41, 5.74) is 11.9. The summed E-state index contributed by atoms with van der Waals surface area (Å²) in [6, 6.07) is 0.267. The Morgan fingerprint density at radius 3 is 2.81 bits per heavy atom. The van der Waals surface area contributed by atoms with Gasteiger partial charge in [0.15, 0.2) is 5.13 Å². The fourth-order valence-electron chi connectivity index (χ4n) is 2.35. The van der Waals surface area contributed by atoms with E-state index >= 15 is 0 Å². The number of nitrogen functional groups attached to an aromatic ring is 1. The molecule has 0 aliphatic carbocycles. The number of aromatic nitrogens is 1. The van der Waals surface area contributed by atoms with Gasteiger partial charge < -0.3 is 21.3 Å². The average molecular weight is 309 g/mol. The number of piperidine rings is 1. The number of hydrogen-bond acceptors (Lipinski definition) is 6. The van der Waals surface area contributed by atoms with Crippen LogP contribution in [0, 0.1) is 0 Å². The third-order valence-corrected chi connectivity index (χ3v) is 4.78. The lowest BCUT2D eigenvalue weighted by Gasteiger charge is -2.29. The van der Waals surface area contributed by atoms with E-state index in [0.717, 1.165) is 31.1 Å². The maximum atomic E-state index is 12.5. The Labute approximate surface area is 129 Å². The lowest BCUT2D eigenvalue weighted by Crippen LogP contribution is -2.39. The number of hydrogen-bond donors (Lipinski definition) is 2. The highest BCUT2D eigenvalue weighted by Crippen LogP contribution is 2.30. The Morgan fingerprint density at radius 1 is 1.57 bits per heavy atom. The SMILES string of the molecule is C=CCN(CC)C(=O)c1sc(N2CCC(N)CC2)nc1N. The number of nitrogens with two attached hydrogens (primary N) is 2. The van der Waals surface area contributed by atoms with Crippen molar-refractivity contribution in [1.29, 1.82) is 0 Å². The molecule has 0 atom stereocenters. The molecule has 0 spiro atoms. The summed E-state index contributed by atoms with van der Waals surface area (Å²) in [5, 5.41) is 0.817. The molecule has 1 fully saturated rings. The molecule has 1 aromatic heterocycles. The van der Waals surface area contributed by atoms with Gasteiger partial charge in [-0.1, -0.05) is 17.4 Å². The van der Waals surface area contributed by atoms with Gasteiger partial charge in [-0.05, 0) is 19.8 Å². The highest BCUT2D eigenvalue weighted by molar-refractivity contribution is 7.18. The van der Waals surface area contributed by atoms with Crippen LogP contribution in [0.2, 0.25) is 0 Å². The van der Waals surface area contributed by atoms with Crippen molar-refractivity contribution < 1.29 is 4.79 Å². The number of thiazole rings is 1. The second-order valence-corrected chi connectivity index (χ2v) is 6.15. The van der Waals surface area contributed by atoms with Crippen LogP contribution in [0.5, 0.6) is 0 Å². The van der Waals surface area contributed by atoms with E-state index in [9.17, 15) is 4.79 Å². The number of amides is 1. The largest absolute Gasteiger partial charge is 0.382 e. The van der Waals surface area contributed by atoms with Crippen molar-refractivity contribution in [1.82, 2.24) is 9.88 Å². The molecule has 2 heterocycles. The minimum atomic E-state index is -0.0765. The van der Waals surface area contributed by atoms with Crippen LogP contribution in [0.15, 0.2) is 12.7 Å². The Morgan fingerprint density at radius 2 is 2.24 bits per heavy atom. The van der Waals surface area contributed by atoms with E-state index < -0.39 is 0 Å². The van der Waals surface area contributed by atoms with Gasteiger partial charge in [0.25, 0.3) is 5.91 Å². The Balaban J connectivity index is 2.15. The summed E-state index contributed by atoms with van der Waals surface area (Å²) in [6.07, 6.45) is 3.60. The standard InChI is InChI=1S/C14H23N5OS/c1-3-7-18(4-2)13(20)11-12(16)17-14(21-11)19-8-5-10(15)6-9-19/h3,10H,1,4-9,15-16H2,2H3. The van der Waals surface area contributed by atoms with E-state index in [0.29, 0.717) is 23.8 Å². The quantitative estimate of drug-likeness (QED) is 0.800. The molecule has 4 N–H and O–H groups in total. The van der Waals surface area contributed by atoms with E-state index in [1.807, 2.05) is 6.92 Å². The predicted octanol–water partition coefficient (Wildman–Crippen LogP) is 1.30. The summed E-state index contributed by atoms with van der Waals surface area (Å²) in [7, 11) is 0. The van der Waals surface area contributed by atoms with Gasteiger partial charge in [0.05, 0.1) is 0 Å². The molecule has 21 heavy (non-hydrogen) atoms. The number of carbonyl (C=O) groups excluding carboxylic acids is 1. The Kier molecular flexibility index (Phi) is 5.19. The molecule has 6 nitrogen and oxygen atoms in total. The van der Waals surface area contributed by atoms with Gasteiger partial charge in [-0.2, -0.15) is 0 Å². The topological polar surface area (TPSA) is 88.5 Å². The maximum absolute atomic E-state index is 12.5. The summed E-state index contributed by atoms with van der Waals surface area (Å²) in [6.45, 7) is 8.48. The van der Waals surface area contributed by atoms with Crippen molar-refractivity contribution >= 4 is 28.2 Å². The Hall–Kier alpha value is -1.60. The van der Waals surface area contributed by atoms with E-state index in [-0.39, 0.29) is 11.9 Å². The summed E-state index contributed by atoms with van der Waals surface area (Å²) >= 11 is 1.37. The van der Waals surface area contributed by atoms with Crippen molar-refractivity contribution in [2.45, 2.75) is 25.8 Å². The zero-order valence-electron chi connectivity index (χ0n) is 12.4. The minimum absolute atomic E-state index is 0.0765. The molecule has 7 heteroatoms. The van der Waals surface area contributed by atoms with Crippen molar-refractivity contribution in [2.24, 2.45) is 5.73 Å². The maximum Gasteiger partial charge on any atom is 0.268 e. The van der Waals surface area contributed by atoms with Crippen LogP contribution >= 0.6 is 11.3 Å². The van der Waals surface area contributed by atoms with Gasteiger partial charge in [-0.15, -0.1) is 6.58 Å². The highest BCUT2D eigenvalue weighted by Gasteiger charge is 2.24. The van der Waals surface area contributed by atoms with E-state index in [1.54, 1.807) is 11.0 Å². The predicted molar refractivity (Wildman–Crippen MR) is 87.7 cm³/mol. The second-order valence-electron chi connectivity index (χ2n) is 5.17. The minimum Gasteiger partial charge on any atom is -0.382 e. The molecule has 1 aromatic rings. The monoisotopic (exact) mass is 309 g/mol. The van der Waals surface area contributed by atoms with Gasteiger partial charge in [-0.3, -0.25) is 4.79 Å². The zero-order chi connectivity index (χ0) is 15.4. The number of rotatable bonds is 5. The molecule has 1 aliphatic rings. The van der Waals surface area contributed by atoms with E-state index in [4.69, 9.17) is 11.5 Å². The molecular weight excluding hydrogens is 286 g/mol. The summed E-state index contributed by atoms with van der Waals surface area (Å²) in [4.78, 5) is 21.2. The van der Waals surface area contributed by atoms with E-state index in [2.05, 4.69) is 16.5 Å². The third-order valence-electron chi connectivity index (χ3n) is 3.66. The van der Waals surface area contributed by atoms with Gasteiger partial charge >= 0.3 is 0 Å². The molecule has 1 amide bonds. The lowest BCUT2D eigenvalue weighted by molar-refractivity contribution is 0.0787. The Bertz CT molecular complexity index is 507. The van der Waals surface area contributed by atoms with Crippen molar-refractivity contribution in [2.75, 3.05) is 36.8 Å². The summed E-state index contributed by atoms with van der Waals surface area (Å²) < 4.78 is 0. The first-order valence-electron chi connectivity index (χ1n) is 7.23. The van der Waals surface area contributed by atoms with Crippen LogP contribution in [-0.4, -0.2) is 48.0 Å². The van der Waals surface area contributed by atoms with Crippen LogP contribution in [-0.2, 0) is 0 Å². The molecule has 1 aliphatic heterocycles. The van der Waals surface area contributed by atoms with Crippen LogP contribution in [0.25, 0.3) is 0 Å². The molecule has 0 radical (unpaired) electrons. The summed E-state index contributed by atoms with van der Waals surface area (Å²) in [5.74, 6) is 0.241. The van der Waals surface area contributed by atoms with Crippen LogP contribution < -0.4 is 16.4 Å². The first-order valence-corrected chi connectivity index (χ1v) is 8.05. The number of carbonyl (C=O) groups is 1. The van der Waals surface area contributed by atoms with Crippen LogP contribution in [0.3, 0.4) is 0 Å². The molecule has 1 saturated heterocycles. The van der Waals surface area contributed by atoms with Crippen molar-refractivity contribution in [3.8, 4) is 0 Å². The molecular formula is C14H23N5OS. The number of nitrogens with zero attached hydrogens (tertiary/aromatic N) is 3. The molecule has 0 aromatic carbocycles. The number of anilines is 2. The van der Waals surface area contributed by atoms with Crippen LogP contribution in [0.4, 0.5) is 10.9 Å². The third kappa shape index (κ3) is 3.54. The lowest BCUT2D eigenvalue weighted by atomic mass is 10.1. The van der Waals surface area contributed by atoms with Crippen molar-refractivity contribution in [3.63, 3.8) is 0 Å². The molecule has 0 unspecified atom stereocenters. The van der Waals surface area contributed by atoms with Gasteiger partial charge in [-0.25, -0.2) is 4.98 Å². The molecule has 0 bridgehead atoms. The first kappa shape index (κ1) is 15.8. The average Bonchev–Trinajstić information content (AvgIpc) is 2.86.